The van der Waals surface area contributed by atoms with E-state index in [1.807, 2.05) is 44.2 Å². The Balaban J connectivity index is 1.74. The first-order valence-electron chi connectivity index (χ1n) is 11.6. The Morgan fingerprint density at radius 1 is 0.788 bits per heavy atom. The smallest absolute Gasteiger partial charge is 0.282 e. The van der Waals surface area contributed by atoms with E-state index in [1.54, 1.807) is 18.2 Å². The van der Waals surface area contributed by atoms with Crippen molar-refractivity contribution in [3.63, 3.8) is 0 Å². The van der Waals surface area contributed by atoms with Gasteiger partial charge in [-0.25, -0.2) is 4.90 Å². The zero-order chi connectivity index (χ0) is 23.4. The summed E-state index contributed by atoms with van der Waals surface area (Å²) in [6.45, 7) is 11.1. The third-order valence-electron chi connectivity index (χ3n) is 6.04. The monoisotopic (exact) mass is 449 g/mol. The van der Waals surface area contributed by atoms with Crippen LogP contribution in [0, 0.1) is 0 Å². The van der Waals surface area contributed by atoms with Gasteiger partial charge in [0.05, 0.1) is 24.5 Å². The molecule has 2 aromatic carbocycles. The Bertz CT molecular complexity index is 1040. The minimum absolute atomic E-state index is 0.289. The van der Waals surface area contributed by atoms with Crippen molar-refractivity contribution in [1.82, 2.24) is 9.80 Å². The number of likely N-dealkylation sites (N-methyl/N-ethyl adjacent to an activating group) is 1. The zero-order valence-corrected chi connectivity index (χ0v) is 19.5. The van der Waals surface area contributed by atoms with E-state index in [4.69, 9.17) is 9.47 Å². The molecule has 7 nitrogen and oxygen atoms in total. The topological polar surface area (TPSA) is 62.3 Å². The van der Waals surface area contributed by atoms with Crippen LogP contribution in [0.25, 0.3) is 5.57 Å². The molecule has 1 saturated heterocycles. The molecular weight excluding hydrogens is 418 g/mol. The Morgan fingerprint density at radius 2 is 1.45 bits per heavy atom. The molecule has 0 atom stereocenters. The lowest BCUT2D eigenvalue weighted by Crippen LogP contribution is -2.47. The van der Waals surface area contributed by atoms with E-state index in [0.29, 0.717) is 54.6 Å². The Labute approximate surface area is 195 Å². The first-order chi connectivity index (χ1) is 16.1. The summed E-state index contributed by atoms with van der Waals surface area (Å²) in [4.78, 5) is 33.1. The standard InChI is InChI=1S/C26H31N3O4/c1-4-27-14-16-28(17-15-27)24-23(19-10-12-21(13-11-19)32-5-2)25(30)29(26(24)31)20-8-7-9-22(18-20)33-6-3/h7-13,18H,4-6,14-17H2,1-3H3. The fraction of sp³-hybridized carbons (Fsp3) is 0.385. The fourth-order valence-corrected chi connectivity index (χ4v) is 4.36. The molecule has 0 saturated carbocycles. The molecule has 2 aliphatic rings. The lowest BCUT2D eigenvalue weighted by molar-refractivity contribution is -0.120. The molecule has 0 radical (unpaired) electrons. The van der Waals surface area contributed by atoms with E-state index < -0.39 is 0 Å². The highest BCUT2D eigenvalue weighted by atomic mass is 16.5. The number of anilines is 1. The molecule has 0 spiro atoms. The average molecular weight is 450 g/mol. The second kappa shape index (κ2) is 10.1. The number of rotatable bonds is 8. The van der Waals surface area contributed by atoms with Crippen LogP contribution in [0.2, 0.25) is 0 Å². The van der Waals surface area contributed by atoms with Gasteiger partial charge >= 0.3 is 0 Å². The molecule has 0 aromatic heterocycles. The number of hydrogen-bond acceptors (Lipinski definition) is 6. The molecule has 0 bridgehead atoms. The van der Waals surface area contributed by atoms with E-state index in [-0.39, 0.29) is 11.8 Å². The highest BCUT2D eigenvalue weighted by Gasteiger charge is 2.43. The zero-order valence-electron chi connectivity index (χ0n) is 19.5. The number of benzene rings is 2. The van der Waals surface area contributed by atoms with Crippen molar-refractivity contribution in [3.05, 3.63) is 59.8 Å². The van der Waals surface area contributed by atoms with Crippen molar-refractivity contribution in [2.75, 3.05) is 50.8 Å². The summed E-state index contributed by atoms with van der Waals surface area (Å²) in [6.07, 6.45) is 0. The number of nitrogens with zero attached hydrogens (tertiary/aromatic N) is 3. The number of hydrogen-bond donors (Lipinski definition) is 0. The summed E-state index contributed by atoms with van der Waals surface area (Å²) in [5.74, 6) is 0.759. The number of carbonyl (C=O) groups excluding carboxylic acids is 2. The lowest BCUT2D eigenvalue weighted by atomic mass is 10.0. The normalized spacial score (nSPS) is 17.2. The first-order valence-corrected chi connectivity index (χ1v) is 11.6. The molecule has 33 heavy (non-hydrogen) atoms. The van der Waals surface area contributed by atoms with Crippen LogP contribution in [-0.4, -0.2) is 67.6 Å². The van der Waals surface area contributed by atoms with E-state index >= 15 is 0 Å². The van der Waals surface area contributed by atoms with E-state index in [2.05, 4.69) is 16.7 Å². The molecule has 0 aliphatic carbocycles. The molecule has 2 aromatic rings. The average Bonchev–Trinajstić information content (AvgIpc) is 3.10. The quantitative estimate of drug-likeness (QED) is 0.576. The van der Waals surface area contributed by atoms with Gasteiger partial charge in [-0.3, -0.25) is 9.59 Å². The van der Waals surface area contributed by atoms with Gasteiger partial charge in [0, 0.05) is 32.2 Å². The first kappa shape index (κ1) is 22.9. The third-order valence-corrected chi connectivity index (χ3v) is 6.04. The lowest BCUT2D eigenvalue weighted by Gasteiger charge is -2.36. The van der Waals surface area contributed by atoms with E-state index in [9.17, 15) is 9.59 Å². The maximum atomic E-state index is 13.7. The summed E-state index contributed by atoms with van der Waals surface area (Å²) < 4.78 is 11.2. The summed E-state index contributed by atoms with van der Waals surface area (Å²) in [5, 5.41) is 0. The van der Waals surface area contributed by atoms with Crippen molar-refractivity contribution < 1.29 is 19.1 Å². The maximum absolute atomic E-state index is 13.7. The third kappa shape index (κ3) is 4.59. The second-order valence-corrected chi connectivity index (χ2v) is 7.98. The van der Waals surface area contributed by atoms with Gasteiger partial charge in [0.1, 0.15) is 17.2 Å². The Morgan fingerprint density at radius 3 is 2.09 bits per heavy atom. The van der Waals surface area contributed by atoms with Crippen molar-refractivity contribution in [1.29, 1.82) is 0 Å². The van der Waals surface area contributed by atoms with Crippen LogP contribution in [0.4, 0.5) is 5.69 Å². The SMILES string of the molecule is CCOc1ccc(C2=C(N3CCN(CC)CC3)C(=O)N(c3cccc(OCC)c3)C2=O)cc1. The van der Waals surface area contributed by atoms with Crippen molar-refractivity contribution >= 4 is 23.1 Å². The molecule has 0 N–H and O–H groups in total. The minimum atomic E-state index is -0.314. The number of amides is 2. The van der Waals surface area contributed by atoms with Gasteiger partial charge in [-0.15, -0.1) is 0 Å². The molecule has 1 fully saturated rings. The molecule has 2 aliphatic heterocycles. The maximum Gasteiger partial charge on any atom is 0.282 e. The largest absolute Gasteiger partial charge is 0.494 e. The summed E-state index contributed by atoms with van der Waals surface area (Å²) in [5.41, 5.74) is 2.14. The van der Waals surface area contributed by atoms with Gasteiger partial charge in [0.25, 0.3) is 11.8 Å². The van der Waals surface area contributed by atoms with Gasteiger partial charge in [0.2, 0.25) is 0 Å². The summed E-state index contributed by atoms with van der Waals surface area (Å²) in [6, 6.07) is 14.5. The molecular formula is C26H31N3O4. The summed E-state index contributed by atoms with van der Waals surface area (Å²) >= 11 is 0. The molecule has 2 heterocycles. The van der Waals surface area contributed by atoms with Gasteiger partial charge < -0.3 is 19.3 Å². The summed E-state index contributed by atoms with van der Waals surface area (Å²) in [7, 11) is 0. The van der Waals surface area contributed by atoms with Gasteiger partial charge in [-0.05, 0) is 50.2 Å². The highest BCUT2D eigenvalue weighted by Crippen LogP contribution is 2.36. The predicted molar refractivity (Wildman–Crippen MR) is 128 cm³/mol. The number of carbonyl (C=O) groups is 2. The second-order valence-electron chi connectivity index (χ2n) is 7.98. The Kier molecular flexibility index (Phi) is 6.99. The van der Waals surface area contributed by atoms with Crippen LogP contribution in [0.5, 0.6) is 11.5 Å². The molecule has 7 heteroatoms. The highest BCUT2D eigenvalue weighted by molar-refractivity contribution is 6.45. The van der Waals surface area contributed by atoms with E-state index in [0.717, 1.165) is 25.4 Å². The molecule has 174 valence electrons. The molecule has 0 unspecified atom stereocenters. The van der Waals surface area contributed by atoms with Gasteiger partial charge in [-0.1, -0.05) is 25.1 Å². The van der Waals surface area contributed by atoms with Crippen molar-refractivity contribution in [3.8, 4) is 11.5 Å². The van der Waals surface area contributed by atoms with Crippen LogP contribution < -0.4 is 14.4 Å². The fourth-order valence-electron chi connectivity index (χ4n) is 4.36. The van der Waals surface area contributed by atoms with Crippen LogP contribution >= 0.6 is 0 Å². The van der Waals surface area contributed by atoms with Crippen LogP contribution in [0.3, 0.4) is 0 Å². The van der Waals surface area contributed by atoms with E-state index in [1.165, 1.54) is 4.90 Å². The van der Waals surface area contributed by atoms with Crippen LogP contribution in [-0.2, 0) is 9.59 Å². The molecule has 4 rings (SSSR count). The predicted octanol–water partition coefficient (Wildman–Crippen LogP) is 3.41. The minimum Gasteiger partial charge on any atom is -0.494 e. The van der Waals surface area contributed by atoms with Gasteiger partial charge in [0.15, 0.2) is 0 Å². The Hall–Kier alpha value is -3.32. The number of ether oxygens (including phenoxy) is 2. The van der Waals surface area contributed by atoms with Crippen molar-refractivity contribution in [2.45, 2.75) is 20.8 Å². The number of piperazine rings is 1. The number of imide groups is 1. The van der Waals surface area contributed by atoms with Crippen molar-refractivity contribution in [2.24, 2.45) is 0 Å². The van der Waals surface area contributed by atoms with Gasteiger partial charge in [-0.2, -0.15) is 0 Å². The van der Waals surface area contributed by atoms with Crippen LogP contribution in [0.1, 0.15) is 26.3 Å². The molecule has 2 amide bonds. The van der Waals surface area contributed by atoms with Crippen LogP contribution in [0.15, 0.2) is 54.2 Å².